The Morgan fingerprint density at radius 3 is 2.19 bits per heavy atom. The molecule has 222 valence electrons. The standard InChI is InChI=1S/C35H41Cl2N3O2/c1-27(41)38(2)35(29-14-7-4-8-15-29)20-24-39(25-21-35)22-10-18-34(30-16-9-17-31(36)32(30)37)19-11-23-40(26-34)33(42)28-12-5-3-6-13-28/h3-9,12-17H,10-11,18-26H2,1-2H3. The molecule has 0 radical (unpaired) electrons. The van der Waals surface area contributed by atoms with Gasteiger partial charge in [-0.15, -0.1) is 0 Å². The summed E-state index contributed by atoms with van der Waals surface area (Å²) in [7, 11) is 1.94. The van der Waals surface area contributed by atoms with Gasteiger partial charge in [-0.05, 0) is 74.4 Å². The van der Waals surface area contributed by atoms with E-state index in [1.165, 1.54) is 5.56 Å². The molecule has 0 saturated carbocycles. The summed E-state index contributed by atoms with van der Waals surface area (Å²) in [6, 6.07) is 25.9. The smallest absolute Gasteiger partial charge is 0.253 e. The van der Waals surface area contributed by atoms with Crippen LogP contribution in [0, 0.1) is 0 Å². The lowest BCUT2D eigenvalue weighted by Gasteiger charge is -2.48. The fourth-order valence-electron chi connectivity index (χ4n) is 7.20. The third kappa shape index (κ3) is 6.24. The van der Waals surface area contributed by atoms with Crippen molar-refractivity contribution < 1.29 is 9.59 Å². The highest BCUT2D eigenvalue weighted by Gasteiger charge is 2.42. The number of benzene rings is 3. The van der Waals surface area contributed by atoms with Gasteiger partial charge >= 0.3 is 0 Å². The van der Waals surface area contributed by atoms with Gasteiger partial charge in [0.1, 0.15) is 0 Å². The highest BCUT2D eigenvalue weighted by atomic mass is 35.5. The average molecular weight is 607 g/mol. The molecule has 1 atom stereocenters. The van der Waals surface area contributed by atoms with Crippen LogP contribution in [0.15, 0.2) is 78.9 Å². The van der Waals surface area contributed by atoms with Crippen LogP contribution in [-0.4, -0.2) is 66.3 Å². The van der Waals surface area contributed by atoms with Gasteiger partial charge in [-0.25, -0.2) is 0 Å². The van der Waals surface area contributed by atoms with E-state index < -0.39 is 0 Å². The number of carbonyl (C=O) groups is 2. The molecule has 1 unspecified atom stereocenters. The van der Waals surface area contributed by atoms with Gasteiger partial charge < -0.3 is 14.7 Å². The maximum absolute atomic E-state index is 13.5. The molecule has 42 heavy (non-hydrogen) atoms. The Balaban J connectivity index is 1.31. The molecule has 2 fully saturated rings. The zero-order chi connectivity index (χ0) is 29.7. The summed E-state index contributed by atoms with van der Waals surface area (Å²) in [6.45, 7) is 5.84. The van der Waals surface area contributed by atoms with Crippen LogP contribution in [0.2, 0.25) is 10.0 Å². The summed E-state index contributed by atoms with van der Waals surface area (Å²) >= 11 is 13.4. The minimum Gasteiger partial charge on any atom is -0.338 e. The van der Waals surface area contributed by atoms with Crippen LogP contribution in [0.5, 0.6) is 0 Å². The number of hydrogen-bond donors (Lipinski definition) is 0. The van der Waals surface area contributed by atoms with Crippen molar-refractivity contribution in [3.05, 3.63) is 106 Å². The molecule has 5 nitrogen and oxygen atoms in total. The normalized spacial score (nSPS) is 20.7. The number of hydrogen-bond acceptors (Lipinski definition) is 3. The van der Waals surface area contributed by atoms with Crippen molar-refractivity contribution in [2.24, 2.45) is 0 Å². The molecule has 0 spiro atoms. The Hall–Kier alpha value is -2.86. The second-order valence-electron chi connectivity index (χ2n) is 12.0. The van der Waals surface area contributed by atoms with Gasteiger partial charge in [-0.3, -0.25) is 9.59 Å². The molecule has 5 rings (SSSR count). The van der Waals surface area contributed by atoms with Crippen molar-refractivity contribution >= 4 is 35.0 Å². The second-order valence-corrected chi connectivity index (χ2v) is 12.8. The zero-order valence-corrected chi connectivity index (χ0v) is 26.2. The van der Waals surface area contributed by atoms with Crippen LogP contribution in [0.25, 0.3) is 0 Å². The number of piperidine rings is 2. The number of amides is 2. The number of carbonyl (C=O) groups excluding carboxylic acids is 2. The van der Waals surface area contributed by atoms with E-state index in [4.69, 9.17) is 23.2 Å². The second kappa shape index (κ2) is 13.2. The molecule has 3 aromatic carbocycles. The minimum atomic E-state index is -0.277. The van der Waals surface area contributed by atoms with E-state index >= 15 is 0 Å². The van der Waals surface area contributed by atoms with Crippen molar-refractivity contribution in [2.45, 2.75) is 56.4 Å². The van der Waals surface area contributed by atoms with Crippen molar-refractivity contribution in [2.75, 3.05) is 39.8 Å². The van der Waals surface area contributed by atoms with Crippen molar-refractivity contribution in [1.29, 1.82) is 0 Å². The number of likely N-dealkylation sites (tertiary alicyclic amines) is 2. The van der Waals surface area contributed by atoms with E-state index in [0.29, 0.717) is 16.6 Å². The first kappa shape index (κ1) is 30.6. The van der Waals surface area contributed by atoms with Crippen molar-refractivity contribution in [1.82, 2.24) is 14.7 Å². The van der Waals surface area contributed by atoms with Gasteiger partial charge in [0.15, 0.2) is 0 Å². The quantitative estimate of drug-likeness (QED) is 0.268. The maximum Gasteiger partial charge on any atom is 0.253 e. The lowest BCUT2D eigenvalue weighted by Crippen LogP contribution is -2.53. The molecule has 2 heterocycles. The molecule has 0 aliphatic carbocycles. The Bertz CT molecular complexity index is 1380. The molecule has 2 aliphatic heterocycles. The van der Waals surface area contributed by atoms with E-state index in [1.807, 2.05) is 65.4 Å². The largest absolute Gasteiger partial charge is 0.338 e. The van der Waals surface area contributed by atoms with Gasteiger partial charge in [-0.2, -0.15) is 0 Å². The Morgan fingerprint density at radius 1 is 0.857 bits per heavy atom. The molecule has 0 N–H and O–H groups in total. The van der Waals surface area contributed by atoms with Crippen molar-refractivity contribution in [3.8, 4) is 0 Å². The molecule has 2 amide bonds. The van der Waals surface area contributed by atoms with Gasteiger partial charge in [0.2, 0.25) is 5.91 Å². The van der Waals surface area contributed by atoms with Gasteiger partial charge in [0, 0.05) is 51.1 Å². The molecule has 2 aliphatic rings. The summed E-state index contributed by atoms with van der Waals surface area (Å²) in [4.78, 5) is 32.5. The topological polar surface area (TPSA) is 43.9 Å². The van der Waals surface area contributed by atoms with Gasteiger partial charge in [0.05, 0.1) is 15.6 Å². The Kier molecular flexibility index (Phi) is 9.61. The third-order valence-electron chi connectivity index (χ3n) is 9.65. The van der Waals surface area contributed by atoms with Crippen molar-refractivity contribution in [3.63, 3.8) is 0 Å². The number of rotatable bonds is 8. The molecule has 0 aromatic heterocycles. The highest BCUT2D eigenvalue weighted by Crippen LogP contribution is 2.44. The first-order valence-corrected chi connectivity index (χ1v) is 15.8. The maximum atomic E-state index is 13.5. The first-order chi connectivity index (χ1) is 20.3. The molecule has 2 saturated heterocycles. The van der Waals surface area contributed by atoms with Crippen LogP contribution in [0.4, 0.5) is 0 Å². The fourth-order valence-corrected chi connectivity index (χ4v) is 7.70. The van der Waals surface area contributed by atoms with E-state index in [1.54, 1.807) is 6.92 Å². The summed E-state index contributed by atoms with van der Waals surface area (Å²) in [5.74, 6) is 0.167. The SMILES string of the molecule is CC(=O)N(C)C1(c2ccccc2)CCN(CCCC2(c3cccc(Cl)c3Cl)CCCN(C(=O)c3ccccc3)C2)CC1. The van der Waals surface area contributed by atoms with Crippen LogP contribution < -0.4 is 0 Å². The van der Waals surface area contributed by atoms with Crippen LogP contribution >= 0.6 is 23.2 Å². The Morgan fingerprint density at radius 2 is 1.52 bits per heavy atom. The minimum absolute atomic E-state index is 0.0701. The first-order valence-electron chi connectivity index (χ1n) is 15.1. The van der Waals surface area contributed by atoms with E-state index in [-0.39, 0.29) is 22.8 Å². The van der Waals surface area contributed by atoms with Crippen LogP contribution in [0.1, 0.15) is 66.9 Å². The predicted octanol–water partition coefficient (Wildman–Crippen LogP) is 7.42. The predicted molar refractivity (Wildman–Crippen MR) is 171 cm³/mol. The summed E-state index contributed by atoms with van der Waals surface area (Å²) in [5, 5.41) is 1.16. The molecular weight excluding hydrogens is 565 g/mol. The zero-order valence-electron chi connectivity index (χ0n) is 24.7. The number of halogens is 2. The average Bonchev–Trinajstić information content (AvgIpc) is 3.03. The lowest BCUT2D eigenvalue weighted by molar-refractivity contribution is -0.136. The highest BCUT2D eigenvalue weighted by molar-refractivity contribution is 6.42. The van der Waals surface area contributed by atoms with E-state index in [0.717, 1.165) is 75.8 Å². The van der Waals surface area contributed by atoms with Gasteiger partial charge in [-0.1, -0.05) is 83.9 Å². The van der Waals surface area contributed by atoms with Crippen LogP contribution in [0.3, 0.4) is 0 Å². The number of nitrogens with zero attached hydrogens (tertiary/aromatic N) is 3. The lowest BCUT2D eigenvalue weighted by atomic mass is 9.70. The summed E-state index contributed by atoms with van der Waals surface area (Å²) in [5.41, 5.74) is 2.44. The van der Waals surface area contributed by atoms with Crippen LogP contribution in [-0.2, 0) is 15.7 Å². The summed E-state index contributed by atoms with van der Waals surface area (Å²) < 4.78 is 0. The van der Waals surface area contributed by atoms with E-state index in [2.05, 4.69) is 35.2 Å². The molecule has 0 bridgehead atoms. The van der Waals surface area contributed by atoms with E-state index in [9.17, 15) is 9.59 Å². The molecule has 3 aromatic rings. The molecule has 7 heteroatoms. The summed E-state index contributed by atoms with van der Waals surface area (Å²) in [6.07, 6.45) is 5.58. The fraction of sp³-hybridized carbons (Fsp3) is 0.429. The molecular formula is C35H41Cl2N3O2. The monoisotopic (exact) mass is 605 g/mol. The van der Waals surface area contributed by atoms with Gasteiger partial charge in [0.25, 0.3) is 5.91 Å². The Labute approximate surface area is 260 Å². The third-order valence-corrected chi connectivity index (χ3v) is 10.5.